The van der Waals surface area contributed by atoms with E-state index in [9.17, 15) is 4.79 Å². The van der Waals surface area contributed by atoms with Crippen LogP contribution < -0.4 is 10.9 Å². The standard InChI is InChI=1S/C10H13N3O2/c14-10-9(11-3-4-12-10)13-7-5-6-1-2-8(7)15-6/h3-4,6-8H,1-2,5H2,(H,11,13)(H,12,14). The molecule has 0 spiro atoms. The molecule has 2 fully saturated rings. The van der Waals surface area contributed by atoms with Crippen LogP contribution in [0.5, 0.6) is 0 Å². The van der Waals surface area contributed by atoms with Crippen molar-refractivity contribution in [3.8, 4) is 0 Å². The summed E-state index contributed by atoms with van der Waals surface area (Å²) in [6.07, 6.45) is 6.99. The number of anilines is 1. The van der Waals surface area contributed by atoms with Gasteiger partial charge in [-0.1, -0.05) is 0 Å². The second-order valence-electron chi connectivity index (χ2n) is 4.13. The molecule has 2 saturated heterocycles. The van der Waals surface area contributed by atoms with E-state index in [2.05, 4.69) is 15.3 Å². The first-order valence-corrected chi connectivity index (χ1v) is 5.28. The highest BCUT2D eigenvalue weighted by atomic mass is 16.5. The molecule has 15 heavy (non-hydrogen) atoms. The van der Waals surface area contributed by atoms with Gasteiger partial charge in [0.05, 0.1) is 18.2 Å². The van der Waals surface area contributed by atoms with Crippen molar-refractivity contribution in [3.63, 3.8) is 0 Å². The van der Waals surface area contributed by atoms with Crippen molar-refractivity contribution in [2.24, 2.45) is 0 Å². The van der Waals surface area contributed by atoms with E-state index in [0.29, 0.717) is 11.9 Å². The number of ether oxygens (including phenoxy) is 1. The molecule has 3 atom stereocenters. The van der Waals surface area contributed by atoms with Crippen LogP contribution in [0.3, 0.4) is 0 Å². The molecule has 0 aliphatic carbocycles. The Labute approximate surface area is 86.9 Å². The van der Waals surface area contributed by atoms with Gasteiger partial charge in [0.15, 0.2) is 5.82 Å². The van der Waals surface area contributed by atoms with E-state index in [1.165, 1.54) is 6.20 Å². The molecule has 0 aromatic carbocycles. The molecule has 3 heterocycles. The fourth-order valence-corrected chi connectivity index (χ4v) is 2.42. The largest absolute Gasteiger partial charge is 0.373 e. The number of aromatic amines is 1. The summed E-state index contributed by atoms with van der Waals surface area (Å²) < 4.78 is 5.69. The number of H-pyrrole nitrogens is 1. The molecule has 0 radical (unpaired) electrons. The summed E-state index contributed by atoms with van der Waals surface area (Å²) in [6.45, 7) is 0. The quantitative estimate of drug-likeness (QED) is 0.741. The minimum absolute atomic E-state index is 0.166. The van der Waals surface area contributed by atoms with Gasteiger partial charge in [0.1, 0.15) is 0 Å². The molecule has 1 aromatic rings. The third kappa shape index (κ3) is 1.52. The summed E-state index contributed by atoms with van der Waals surface area (Å²) in [7, 11) is 0. The van der Waals surface area contributed by atoms with E-state index in [4.69, 9.17) is 4.74 Å². The van der Waals surface area contributed by atoms with Gasteiger partial charge in [-0.2, -0.15) is 0 Å². The molecule has 3 rings (SSSR count). The smallest absolute Gasteiger partial charge is 0.290 e. The third-order valence-electron chi connectivity index (χ3n) is 3.14. The van der Waals surface area contributed by atoms with E-state index < -0.39 is 0 Å². The highest BCUT2D eigenvalue weighted by Gasteiger charge is 2.40. The molecule has 2 bridgehead atoms. The number of rotatable bonds is 2. The Balaban J connectivity index is 1.76. The summed E-state index contributed by atoms with van der Waals surface area (Å²) in [6, 6.07) is 0.250. The van der Waals surface area contributed by atoms with E-state index in [1.54, 1.807) is 6.20 Å². The molecular weight excluding hydrogens is 194 g/mol. The molecule has 0 saturated carbocycles. The maximum Gasteiger partial charge on any atom is 0.290 e. The molecule has 5 heteroatoms. The average molecular weight is 207 g/mol. The number of hydrogen-bond acceptors (Lipinski definition) is 4. The topological polar surface area (TPSA) is 67.0 Å². The third-order valence-corrected chi connectivity index (χ3v) is 3.14. The summed E-state index contributed by atoms with van der Waals surface area (Å²) in [5.74, 6) is 0.402. The molecule has 2 aliphatic heterocycles. The second-order valence-corrected chi connectivity index (χ2v) is 4.13. The van der Waals surface area contributed by atoms with Gasteiger partial charge in [-0.05, 0) is 19.3 Å². The number of hydrogen-bond donors (Lipinski definition) is 2. The second kappa shape index (κ2) is 3.34. The van der Waals surface area contributed by atoms with Crippen LogP contribution in [0.2, 0.25) is 0 Å². The molecule has 0 amide bonds. The van der Waals surface area contributed by atoms with Crippen molar-refractivity contribution in [3.05, 3.63) is 22.7 Å². The van der Waals surface area contributed by atoms with Crippen LogP contribution in [-0.2, 0) is 4.74 Å². The van der Waals surface area contributed by atoms with Crippen molar-refractivity contribution < 1.29 is 4.74 Å². The monoisotopic (exact) mass is 207 g/mol. The van der Waals surface area contributed by atoms with E-state index >= 15 is 0 Å². The molecule has 2 aliphatic rings. The predicted octanol–water partition coefficient (Wildman–Crippen LogP) is 0.502. The zero-order valence-corrected chi connectivity index (χ0v) is 8.27. The van der Waals surface area contributed by atoms with Gasteiger partial charge in [0, 0.05) is 12.4 Å². The first-order chi connectivity index (χ1) is 7.33. The van der Waals surface area contributed by atoms with Gasteiger partial charge >= 0.3 is 0 Å². The zero-order valence-electron chi connectivity index (χ0n) is 8.27. The summed E-state index contributed by atoms with van der Waals surface area (Å²) in [5, 5.41) is 3.16. The molecule has 3 unspecified atom stereocenters. The fourth-order valence-electron chi connectivity index (χ4n) is 2.42. The SMILES string of the molecule is O=c1[nH]ccnc1NC1CC2CCC1O2. The lowest BCUT2D eigenvalue weighted by atomic mass is 9.95. The van der Waals surface area contributed by atoms with Crippen LogP contribution >= 0.6 is 0 Å². The first kappa shape index (κ1) is 8.91. The van der Waals surface area contributed by atoms with Crippen molar-refractivity contribution in [1.29, 1.82) is 0 Å². The van der Waals surface area contributed by atoms with Crippen LogP contribution in [0, 0.1) is 0 Å². The van der Waals surface area contributed by atoms with Gasteiger partial charge in [-0.15, -0.1) is 0 Å². The first-order valence-electron chi connectivity index (χ1n) is 5.28. The molecule has 5 nitrogen and oxygen atoms in total. The number of nitrogens with zero attached hydrogens (tertiary/aromatic N) is 1. The Kier molecular flexibility index (Phi) is 1.98. The molecule has 80 valence electrons. The van der Waals surface area contributed by atoms with Gasteiger partial charge < -0.3 is 15.0 Å². The molecular formula is C10H13N3O2. The van der Waals surface area contributed by atoms with Crippen LogP contribution in [0.25, 0.3) is 0 Å². The normalized spacial score (nSPS) is 33.2. The van der Waals surface area contributed by atoms with Gasteiger partial charge in [-0.25, -0.2) is 4.98 Å². The fraction of sp³-hybridized carbons (Fsp3) is 0.600. The Morgan fingerprint density at radius 3 is 3.13 bits per heavy atom. The number of fused-ring (bicyclic) bond motifs is 2. The average Bonchev–Trinajstić information content (AvgIpc) is 2.83. The van der Waals surface area contributed by atoms with Crippen molar-refractivity contribution in [1.82, 2.24) is 9.97 Å². The lowest BCUT2D eigenvalue weighted by molar-refractivity contribution is 0.102. The minimum atomic E-state index is -0.166. The van der Waals surface area contributed by atoms with Gasteiger partial charge in [0.2, 0.25) is 0 Å². The van der Waals surface area contributed by atoms with Gasteiger partial charge in [0.25, 0.3) is 5.56 Å². The summed E-state index contributed by atoms with van der Waals surface area (Å²) in [4.78, 5) is 18.0. The van der Waals surface area contributed by atoms with Crippen molar-refractivity contribution in [2.75, 3.05) is 5.32 Å². The molecule has 2 N–H and O–H groups in total. The van der Waals surface area contributed by atoms with Crippen LogP contribution in [0.15, 0.2) is 17.2 Å². The van der Waals surface area contributed by atoms with Crippen LogP contribution in [-0.4, -0.2) is 28.2 Å². The lowest BCUT2D eigenvalue weighted by Gasteiger charge is -2.19. The zero-order chi connectivity index (χ0) is 10.3. The Hall–Kier alpha value is -1.36. The van der Waals surface area contributed by atoms with Crippen molar-refractivity contribution >= 4 is 5.82 Å². The van der Waals surface area contributed by atoms with E-state index in [-0.39, 0.29) is 17.7 Å². The predicted molar refractivity (Wildman–Crippen MR) is 54.8 cm³/mol. The summed E-state index contributed by atoms with van der Waals surface area (Å²) in [5.41, 5.74) is -0.166. The maximum absolute atomic E-state index is 11.4. The highest BCUT2D eigenvalue weighted by molar-refractivity contribution is 5.33. The summed E-state index contributed by atoms with van der Waals surface area (Å²) >= 11 is 0. The molecule has 1 aromatic heterocycles. The van der Waals surface area contributed by atoms with E-state index in [1.807, 2.05) is 0 Å². The maximum atomic E-state index is 11.4. The van der Waals surface area contributed by atoms with Gasteiger partial charge in [-0.3, -0.25) is 4.79 Å². The van der Waals surface area contributed by atoms with Crippen molar-refractivity contribution in [2.45, 2.75) is 37.5 Å². The van der Waals surface area contributed by atoms with Crippen LogP contribution in [0.4, 0.5) is 5.82 Å². The minimum Gasteiger partial charge on any atom is -0.373 e. The Bertz CT molecular complexity index is 417. The highest BCUT2D eigenvalue weighted by Crippen LogP contribution is 2.35. The van der Waals surface area contributed by atoms with E-state index in [0.717, 1.165) is 19.3 Å². The Morgan fingerprint density at radius 2 is 2.47 bits per heavy atom. The van der Waals surface area contributed by atoms with Crippen LogP contribution in [0.1, 0.15) is 19.3 Å². The Morgan fingerprint density at radius 1 is 1.53 bits per heavy atom. The number of nitrogens with one attached hydrogen (secondary N) is 2. The number of aromatic nitrogens is 2. The lowest BCUT2D eigenvalue weighted by Crippen LogP contribution is -2.33.